The van der Waals surface area contributed by atoms with E-state index in [0.717, 1.165) is 30.8 Å². The number of rotatable bonds is 11. The standard InChI is InChI=1S/C17H26O4/c1-2-3-4-5-13-21-15-11-9-14(10-12-15)7-6-8-16(18)17(19)20/h9-12,16,18H,2-8,13H2,1H3,(H,19,20). The van der Waals surface area contributed by atoms with Crippen molar-refractivity contribution in [1.82, 2.24) is 0 Å². The Morgan fingerprint density at radius 3 is 2.48 bits per heavy atom. The smallest absolute Gasteiger partial charge is 0.332 e. The van der Waals surface area contributed by atoms with Gasteiger partial charge in [-0.1, -0.05) is 38.3 Å². The van der Waals surface area contributed by atoms with E-state index in [4.69, 9.17) is 9.84 Å². The summed E-state index contributed by atoms with van der Waals surface area (Å²) in [4.78, 5) is 10.5. The molecule has 0 aromatic heterocycles. The molecule has 1 rings (SSSR count). The van der Waals surface area contributed by atoms with E-state index in [0.29, 0.717) is 6.42 Å². The number of aliphatic carboxylic acids is 1. The summed E-state index contributed by atoms with van der Waals surface area (Å²) in [5, 5.41) is 17.8. The molecule has 21 heavy (non-hydrogen) atoms. The van der Waals surface area contributed by atoms with Crippen molar-refractivity contribution in [3.05, 3.63) is 29.8 Å². The van der Waals surface area contributed by atoms with Gasteiger partial charge in [0.2, 0.25) is 0 Å². The molecule has 0 spiro atoms. The highest BCUT2D eigenvalue weighted by Crippen LogP contribution is 2.15. The first-order valence-corrected chi connectivity index (χ1v) is 7.76. The lowest BCUT2D eigenvalue weighted by Gasteiger charge is -2.08. The molecule has 1 atom stereocenters. The third kappa shape index (κ3) is 7.71. The van der Waals surface area contributed by atoms with Gasteiger partial charge in [-0.2, -0.15) is 0 Å². The fraction of sp³-hybridized carbons (Fsp3) is 0.588. The van der Waals surface area contributed by atoms with Gasteiger partial charge in [0.15, 0.2) is 6.10 Å². The van der Waals surface area contributed by atoms with Crippen LogP contribution >= 0.6 is 0 Å². The third-order valence-corrected chi connectivity index (χ3v) is 3.42. The monoisotopic (exact) mass is 294 g/mol. The number of hydrogen-bond acceptors (Lipinski definition) is 3. The first-order chi connectivity index (χ1) is 10.1. The van der Waals surface area contributed by atoms with E-state index in [1.165, 1.54) is 19.3 Å². The van der Waals surface area contributed by atoms with Gasteiger partial charge in [0.25, 0.3) is 0 Å². The van der Waals surface area contributed by atoms with Gasteiger partial charge in [0.1, 0.15) is 5.75 Å². The molecule has 0 bridgehead atoms. The molecule has 0 aliphatic carbocycles. The predicted octanol–water partition coefficient (Wildman–Crippen LogP) is 3.41. The molecule has 0 aliphatic heterocycles. The number of carbonyl (C=O) groups is 1. The van der Waals surface area contributed by atoms with Crippen molar-refractivity contribution in [2.45, 2.75) is 58.0 Å². The molecule has 0 fully saturated rings. The average Bonchev–Trinajstić information content (AvgIpc) is 2.48. The second-order valence-corrected chi connectivity index (χ2v) is 5.30. The van der Waals surface area contributed by atoms with Crippen LogP contribution in [0.2, 0.25) is 0 Å². The number of unbranched alkanes of at least 4 members (excludes halogenated alkanes) is 3. The second-order valence-electron chi connectivity index (χ2n) is 5.30. The van der Waals surface area contributed by atoms with Gasteiger partial charge in [0, 0.05) is 0 Å². The number of carboxylic acid groups (broad SMARTS) is 1. The number of benzene rings is 1. The van der Waals surface area contributed by atoms with E-state index in [2.05, 4.69) is 6.92 Å². The van der Waals surface area contributed by atoms with Gasteiger partial charge in [0.05, 0.1) is 6.61 Å². The van der Waals surface area contributed by atoms with Crippen LogP contribution in [-0.4, -0.2) is 28.9 Å². The predicted molar refractivity (Wildman–Crippen MR) is 82.7 cm³/mol. The lowest BCUT2D eigenvalue weighted by atomic mass is 10.1. The summed E-state index contributed by atoms with van der Waals surface area (Å²) in [5.74, 6) is -0.275. The van der Waals surface area contributed by atoms with Crippen molar-refractivity contribution in [1.29, 1.82) is 0 Å². The summed E-state index contributed by atoms with van der Waals surface area (Å²) in [7, 11) is 0. The lowest BCUT2D eigenvalue weighted by molar-refractivity contribution is -0.146. The SMILES string of the molecule is CCCCCCOc1ccc(CCCC(O)C(=O)O)cc1. The Kier molecular flexibility index (Phi) is 8.51. The van der Waals surface area contributed by atoms with Crippen molar-refractivity contribution in [3.8, 4) is 5.75 Å². The van der Waals surface area contributed by atoms with Gasteiger partial charge in [-0.05, 0) is 43.4 Å². The highest BCUT2D eigenvalue weighted by molar-refractivity contribution is 5.71. The van der Waals surface area contributed by atoms with Crippen LogP contribution in [0.5, 0.6) is 5.75 Å². The summed E-state index contributed by atoms with van der Waals surface area (Å²) in [6, 6.07) is 7.88. The van der Waals surface area contributed by atoms with Gasteiger partial charge >= 0.3 is 5.97 Å². The van der Waals surface area contributed by atoms with Crippen LogP contribution in [0.25, 0.3) is 0 Å². The van der Waals surface area contributed by atoms with Crippen molar-refractivity contribution in [2.24, 2.45) is 0 Å². The zero-order valence-corrected chi connectivity index (χ0v) is 12.8. The van der Waals surface area contributed by atoms with Crippen LogP contribution in [0.4, 0.5) is 0 Å². The van der Waals surface area contributed by atoms with Crippen LogP contribution in [0.3, 0.4) is 0 Å². The molecule has 0 heterocycles. The van der Waals surface area contributed by atoms with Crippen LogP contribution in [0.1, 0.15) is 51.0 Å². The van der Waals surface area contributed by atoms with Crippen LogP contribution in [0.15, 0.2) is 24.3 Å². The number of hydrogen-bond donors (Lipinski definition) is 2. The maximum atomic E-state index is 10.5. The Morgan fingerprint density at radius 1 is 1.14 bits per heavy atom. The van der Waals surface area contributed by atoms with Crippen molar-refractivity contribution >= 4 is 5.97 Å². The van der Waals surface area contributed by atoms with E-state index in [9.17, 15) is 9.90 Å². The normalized spacial score (nSPS) is 12.1. The van der Waals surface area contributed by atoms with Crippen LogP contribution in [-0.2, 0) is 11.2 Å². The summed E-state index contributed by atoms with van der Waals surface area (Å²) >= 11 is 0. The Balaban J connectivity index is 2.22. The Hall–Kier alpha value is -1.55. The van der Waals surface area contributed by atoms with E-state index in [1.54, 1.807) is 0 Å². The Bertz CT molecular complexity index is 400. The Labute approximate surface area is 126 Å². The molecule has 0 radical (unpaired) electrons. The maximum Gasteiger partial charge on any atom is 0.332 e. The highest BCUT2D eigenvalue weighted by Gasteiger charge is 2.11. The fourth-order valence-corrected chi connectivity index (χ4v) is 2.09. The quantitative estimate of drug-likeness (QED) is 0.614. The molecule has 1 aromatic carbocycles. The van der Waals surface area contributed by atoms with E-state index >= 15 is 0 Å². The van der Waals surface area contributed by atoms with E-state index in [-0.39, 0.29) is 6.42 Å². The number of aryl methyl sites for hydroxylation is 1. The highest BCUT2D eigenvalue weighted by atomic mass is 16.5. The van der Waals surface area contributed by atoms with Crippen molar-refractivity contribution in [2.75, 3.05) is 6.61 Å². The fourth-order valence-electron chi connectivity index (χ4n) is 2.09. The zero-order valence-electron chi connectivity index (χ0n) is 12.8. The van der Waals surface area contributed by atoms with Gasteiger partial charge in [-0.3, -0.25) is 0 Å². The molecular weight excluding hydrogens is 268 g/mol. The van der Waals surface area contributed by atoms with E-state index in [1.807, 2.05) is 24.3 Å². The van der Waals surface area contributed by atoms with E-state index < -0.39 is 12.1 Å². The second kappa shape index (κ2) is 10.2. The molecule has 2 N–H and O–H groups in total. The molecule has 0 aliphatic rings. The summed E-state index contributed by atoms with van der Waals surface area (Å²) in [6.45, 7) is 2.94. The average molecular weight is 294 g/mol. The molecule has 4 nitrogen and oxygen atoms in total. The van der Waals surface area contributed by atoms with Crippen LogP contribution < -0.4 is 4.74 Å². The van der Waals surface area contributed by atoms with Gasteiger partial charge in [-0.25, -0.2) is 4.79 Å². The van der Waals surface area contributed by atoms with Gasteiger partial charge in [-0.15, -0.1) is 0 Å². The first-order valence-electron chi connectivity index (χ1n) is 7.76. The molecule has 1 unspecified atom stereocenters. The van der Waals surface area contributed by atoms with Gasteiger partial charge < -0.3 is 14.9 Å². The van der Waals surface area contributed by atoms with Crippen molar-refractivity contribution < 1.29 is 19.7 Å². The topological polar surface area (TPSA) is 66.8 Å². The molecule has 118 valence electrons. The molecule has 1 aromatic rings. The minimum atomic E-state index is -1.25. The number of aliphatic hydroxyl groups excluding tert-OH is 1. The Morgan fingerprint density at radius 2 is 1.86 bits per heavy atom. The molecule has 0 amide bonds. The largest absolute Gasteiger partial charge is 0.494 e. The minimum absolute atomic E-state index is 0.283. The molecule has 4 heteroatoms. The molecule has 0 saturated heterocycles. The van der Waals surface area contributed by atoms with Crippen LogP contribution in [0, 0.1) is 0 Å². The number of carboxylic acids is 1. The number of ether oxygens (including phenoxy) is 1. The third-order valence-electron chi connectivity index (χ3n) is 3.42. The maximum absolute atomic E-state index is 10.5. The summed E-state index contributed by atoms with van der Waals surface area (Å²) in [6.07, 6.45) is 5.23. The zero-order chi connectivity index (χ0) is 15.5. The lowest BCUT2D eigenvalue weighted by Crippen LogP contribution is -2.19. The first kappa shape index (κ1) is 17.5. The summed E-state index contributed by atoms with van der Waals surface area (Å²) in [5.41, 5.74) is 1.13. The number of aliphatic hydroxyl groups is 1. The molecular formula is C17H26O4. The molecule has 0 saturated carbocycles. The summed E-state index contributed by atoms with van der Waals surface area (Å²) < 4.78 is 5.66. The van der Waals surface area contributed by atoms with Crippen molar-refractivity contribution in [3.63, 3.8) is 0 Å². The minimum Gasteiger partial charge on any atom is -0.494 e.